The lowest BCUT2D eigenvalue weighted by Gasteiger charge is -2.07. The van der Waals surface area contributed by atoms with Crippen LogP contribution in [0.15, 0.2) is 30.3 Å². The Labute approximate surface area is 109 Å². The van der Waals surface area contributed by atoms with Crippen LogP contribution in [0.25, 0.3) is 10.9 Å². The summed E-state index contributed by atoms with van der Waals surface area (Å²) in [5.41, 5.74) is 7.20. The monoisotopic (exact) mass is 267 g/mol. The van der Waals surface area contributed by atoms with Crippen molar-refractivity contribution in [3.63, 3.8) is 0 Å². The molecule has 1 aromatic heterocycles. The zero-order chi connectivity index (χ0) is 13.7. The summed E-state index contributed by atoms with van der Waals surface area (Å²) < 4.78 is 28.4. The molecule has 0 bridgehead atoms. The fourth-order valence-electron chi connectivity index (χ4n) is 1.67. The number of nitrogens with one attached hydrogen (secondary N) is 1. The zero-order valence-corrected chi connectivity index (χ0v) is 10.3. The van der Waals surface area contributed by atoms with Gasteiger partial charge in [0.1, 0.15) is 12.4 Å². The lowest BCUT2D eigenvalue weighted by molar-refractivity contribution is 0.0215. The summed E-state index contributed by atoms with van der Waals surface area (Å²) in [7, 11) is 0. The quantitative estimate of drug-likeness (QED) is 0.623. The molecule has 0 spiro atoms. The first-order chi connectivity index (χ1) is 9.15. The molecule has 19 heavy (non-hydrogen) atoms. The molecule has 0 atom stereocenters. The first-order valence-corrected chi connectivity index (χ1v) is 5.91. The van der Waals surface area contributed by atoms with Crippen LogP contribution in [0, 0.1) is 0 Å². The average Bonchev–Trinajstić information content (AvgIpc) is 2.38. The molecule has 0 aliphatic rings. The third-order valence-electron chi connectivity index (χ3n) is 2.51. The van der Waals surface area contributed by atoms with Gasteiger partial charge in [-0.2, -0.15) is 0 Å². The molecule has 0 unspecified atom stereocenters. The van der Waals surface area contributed by atoms with Crippen LogP contribution in [0.4, 0.5) is 20.3 Å². The summed E-state index contributed by atoms with van der Waals surface area (Å²) in [6.07, 6.45) is -2.43. The maximum absolute atomic E-state index is 11.8. The Kier molecular flexibility index (Phi) is 4.46. The van der Waals surface area contributed by atoms with Gasteiger partial charge in [-0.25, -0.2) is 13.8 Å². The molecule has 0 saturated carbocycles. The van der Waals surface area contributed by atoms with Gasteiger partial charge in [0, 0.05) is 17.6 Å². The molecule has 1 heterocycles. The molecule has 4 nitrogen and oxygen atoms in total. The van der Waals surface area contributed by atoms with Crippen molar-refractivity contribution in [2.75, 3.05) is 30.8 Å². The third-order valence-corrected chi connectivity index (χ3v) is 2.51. The number of nitrogens with zero attached hydrogens (tertiary/aromatic N) is 1. The van der Waals surface area contributed by atoms with Crippen molar-refractivity contribution < 1.29 is 13.5 Å². The van der Waals surface area contributed by atoms with E-state index in [1.165, 1.54) is 0 Å². The number of hydrogen-bond acceptors (Lipinski definition) is 4. The van der Waals surface area contributed by atoms with Gasteiger partial charge >= 0.3 is 0 Å². The van der Waals surface area contributed by atoms with Gasteiger partial charge in [0.2, 0.25) is 0 Å². The van der Waals surface area contributed by atoms with Crippen LogP contribution < -0.4 is 11.1 Å². The minimum Gasteiger partial charge on any atom is -0.399 e. The van der Waals surface area contributed by atoms with Gasteiger partial charge in [0.05, 0.1) is 12.1 Å². The Hall–Kier alpha value is -1.95. The van der Waals surface area contributed by atoms with Crippen molar-refractivity contribution in [1.82, 2.24) is 4.98 Å². The maximum atomic E-state index is 11.8. The van der Waals surface area contributed by atoms with Gasteiger partial charge in [-0.3, -0.25) is 0 Å². The Bertz CT molecular complexity index is 548. The molecular formula is C13H15F2N3O. The number of nitrogen functional groups attached to an aromatic ring is 1. The van der Waals surface area contributed by atoms with Crippen LogP contribution in [0.1, 0.15) is 0 Å². The SMILES string of the molecule is Nc1ccc2nc(NCCOCC(F)F)ccc2c1. The molecule has 0 radical (unpaired) electrons. The van der Waals surface area contributed by atoms with Crippen LogP contribution in [-0.4, -0.2) is 31.2 Å². The van der Waals surface area contributed by atoms with Gasteiger partial charge in [0.25, 0.3) is 6.43 Å². The predicted octanol–water partition coefficient (Wildman–Crippen LogP) is 2.51. The standard InChI is InChI=1S/C13H15F2N3O/c14-12(15)8-19-6-5-17-13-4-1-9-7-10(16)2-3-11(9)18-13/h1-4,7,12H,5-6,8,16H2,(H,17,18). The van der Waals surface area contributed by atoms with E-state index in [0.717, 1.165) is 10.9 Å². The van der Waals surface area contributed by atoms with Gasteiger partial charge in [0.15, 0.2) is 0 Å². The van der Waals surface area contributed by atoms with Crippen molar-refractivity contribution in [1.29, 1.82) is 0 Å². The van der Waals surface area contributed by atoms with Crippen molar-refractivity contribution in [3.05, 3.63) is 30.3 Å². The number of rotatable bonds is 6. The number of alkyl halides is 2. The highest BCUT2D eigenvalue weighted by atomic mass is 19.3. The van der Waals surface area contributed by atoms with E-state index in [2.05, 4.69) is 10.3 Å². The Morgan fingerprint density at radius 1 is 1.26 bits per heavy atom. The van der Waals surface area contributed by atoms with E-state index in [1.54, 1.807) is 6.07 Å². The van der Waals surface area contributed by atoms with Gasteiger partial charge in [-0.05, 0) is 30.3 Å². The van der Waals surface area contributed by atoms with Crippen LogP contribution in [0.2, 0.25) is 0 Å². The average molecular weight is 267 g/mol. The molecule has 0 aliphatic carbocycles. The Morgan fingerprint density at radius 2 is 2.11 bits per heavy atom. The summed E-state index contributed by atoms with van der Waals surface area (Å²) >= 11 is 0. The second-order valence-electron chi connectivity index (χ2n) is 4.04. The molecule has 0 amide bonds. The van der Waals surface area contributed by atoms with Crippen LogP contribution in [0.3, 0.4) is 0 Å². The molecule has 1 aromatic carbocycles. The summed E-state index contributed by atoms with van der Waals surface area (Å²) in [5.74, 6) is 0.679. The summed E-state index contributed by atoms with van der Waals surface area (Å²) in [6, 6.07) is 9.18. The number of halogens is 2. The van der Waals surface area contributed by atoms with E-state index in [1.807, 2.05) is 24.3 Å². The molecule has 0 saturated heterocycles. The van der Waals surface area contributed by atoms with Gasteiger partial charge in [-0.15, -0.1) is 0 Å². The normalized spacial score (nSPS) is 11.1. The van der Waals surface area contributed by atoms with E-state index < -0.39 is 13.0 Å². The lowest BCUT2D eigenvalue weighted by atomic mass is 10.2. The fraction of sp³-hybridized carbons (Fsp3) is 0.308. The highest BCUT2D eigenvalue weighted by Crippen LogP contribution is 2.17. The van der Waals surface area contributed by atoms with Crippen LogP contribution in [-0.2, 0) is 4.74 Å². The van der Waals surface area contributed by atoms with E-state index >= 15 is 0 Å². The van der Waals surface area contributed by atoms with E-state index in [9.17, 15) is 8.78 Å². The molecule has 0 fully saturated rings. The number of hydrogen-bond donors (Lipinski definition) is 2. The minimum atomic E-state index is -2.43. The Morgan fingerprint density at radius 3 is 2.89 bits per heavy atom. The highest BCUT2D eigenvalue weighted by molar-refractivity contribution is 5.83. The summed E-state index contributed by atoms with van der Waals surface area (Å²) in [4.78, 5) is 4.38. The first-order valence-electron chi connectivity index (χ1n) is 5.91. The molecule has 2 rings (SSSR count). The van der Waals surface area contributed by atoms with Crippen LogP contribution >= 0.6 is 0 Å². The van der Waals surface area contributed by atoms with Crippen molar-refractivity contribution in [3.8, 4) is 0 Å². The van der Waals surface area contributed by atoms with Crippen molar-refractivity contribution in [2.45, 2.75) is 6.43 Å². The second kappa shape index (κ2) is 6.29. The molecule has 2 aromatic rings. The fourth-order valence-corrected chi connectivity index (χ4v) is 1.67. The minimum absolute atomic E-state index is 0.214. The van der Waals surface area contributed by atoms with E-state index in [4.69, 9.17) is 10.5 Å². The smallest absolute Gasteiger partial charge is 0.261 e. The second-order valence-corrected chi connectivity index (χ2v) is 4.04. The third kappa shape index (κ3) is 4.03. The lowest BCUT2D eigenvalue weighted by Crippen LogP contribution is -2.13. The highest BCUT2D eigenvalue weighted by Gasteiger charge is 2.02. The maximum Gasteiger partial charge on any atom is 0.261 e. The number of nitrogens with two attached hydrogens (primary N) is 1. The van der Waals surface area contributed by atoms with E-state index in [-0.39, 0.29) is 6.61 Å². The number of anilines is 2. The summed E-state index contributed by atoms with van der Waals surface area (Å²) in [5, 5.41) is 3.97. The van der Waals surface area contributed by atoms with Crippen molar-refractivity contribution in [2.24, 2.45) is 0 Å². The zero-order valence-electron chi connectivity index (χ0n) is 10.3. The van der Waals surface area contributed by atoms with E-state index in [0.29, 0.717) is 18.1 Å². The first kappa shape index (κ1) is 13.5. The Balaban J connectivity index is 1.89. The largest absolute Gasteiger partial charge is 0.399 e. The molecule has 6 heteroatoms. The number of aromatic nitrogens is 1. The van der Waals surface area contributed by atoms with Crippen molar-refractivity contribution >= 4 is 22.4 Å². The molecule has 102 valence electrons. The van der Waals surface area contributed by atoms with Crippen LogP contribution in [0.5, 0.6) is 0 Å². The predicted molar refractivity (Wildman–Crippen MR) is 71.5 cm³/mol. The molecule has 3 N–H and O–H groups in total. The number of pyridine rings is 1. The number of ether oxygens (including phenoxy) is 1. The van der Waals surface area contributed by atoms with Gasteiger partial charge < -0.3 is 15.8 Å². The summed E-state index contributed by atoms with van der Waals surface area (Å²) in [6.45, 7) is 0.109. The number of benzene rings is 1. The number of fused-ring (bicyclic) bond motifs is 1. The molecule has 0 aliphatic heterocycles. The van der Waals surface area contributed by atoms with Gasteiger partial charge in [-0.1, -0.05) is 0 Å². The topological polar surface area (TPSA) is 60.2 Å². The molecular weight excluding hydrogens is 252 g/mol.